The van der Waals surface area contributed by atoms with Gasteiger partial charge in [-0.25, -0.2) is 0 Å². The zero-order chi connectivity index (χ0) is 13.5. The quantitative estimate of drug-likeness (QED) is 0.912. The number of aromatic nitrogens is 1. The van der Waals surface area contributed by atoms with Crippen molar-refractivity contribution in [2.45, 2.75) is 38.5 Å². The van der Waals surface area contributed by atoms with Crippen LogP contribution < -0.4 is 5.73 Å². The first-order chi connectivity index (χ1) is 9.83. The van der Waals surface area contributed by atoms with Crippen LogP contribution in [0.2, 0.25) is 0 Å². The van der Waals surface area contributed by atoms with Gasteiger partial charge in [0, 0.05) is 11.9 Å². The Balaban J connectivity index is 1.53. The van der Waals surface area contributed by atoms with Crippen LogP contribution in [0.4, 0.5) is 0 Å². The van der Waals surface area contributed by atoms with Crippen molar-refractivity contribution in [1.82, 2.24) is 4.98 Å². The number of hydrogen-bond donors (Lipinski definition) is 1. The third-order valence-electron chi connectivity index (χ3n) is 6.34. The summed E-state index contributed by atoms with van der Waals surface area (Å²) >= 11 is 0. The van der Waals surface area contributed by atoms with Crippen LogP contribution in [-0.2, 0) is 6.42 Å². The first-order valence-corrected chi connectivity index (χ1v) is 8.43. The topological polar surface area (TPSA) is 38.9 Å². The molecule has 2 N–H and O–H groups in total. The van der Waals surface area contributed by atoms with Crippen molar-refractivity contribution in [2.75, 3.05) is 6.54 Å². The average molecular weight is 270 g/mol. The lowest BCUT2D eigenvalue weighted by Crippen LogP contribution is -2.49. The van der Waals surface area contributed by atoms with Crippen LogP contribution in [0, 0.1) is 35.5 Å². The van der Waals surface area contributed by atoms with E-state index in [0.29, 0.717) is 5.92 Å². The molecule has 0 aromatic carbocycles. The first-order valence-electron chi connectivity index (χ1n) is 8.43. The van der Waals surface area contributed by atoms with Gasteiger partial charge in [0.1, 0.15) is 0 Å². The Bertz CT molecular complexity index is 428. The van der Waals surface area contributed by atoms with Crippen LogP contribution >= 0.6 is 0 Å². The third-order valence-corrected chi connectivity index (χ3v) is 6.34. The van der Waals surface area contributed by atoms with Crippen molar-refractivity contribution in [3.05, 3.63) is 30.1 Å². The van der Waals surface area contributed by atoms with Crippen LogP contribution in [-0.4, -0.2) is 11.5 Å². The predicted molar refractivity (Wildman–Crippen MR) is 81.0 cm³/mol. The predicted octanol–water partition coefficient (Wildman–Crippen LogP) is 3.27. The Morgan fingerprint density at radius 3 is 2.30 bits per heavy atom. The molecular weight excluding hydrogens is 244 g/mol. The summed E-state index contributed by atoms with van der Waals surface area (Å²) in [6, 6.07) is 6.27. The van der Waals surface area contributed by atoms with E-state index in [-0.39, 0.29) is 0 Å². The molecule has 1 heterocycles. The van der Waals surface area contributed by atoms with Gasteiger partial charge in [-0.1, -0.05) is 6.07 Å². The van der Waals surface area contributed by atoms with Crippen molar-refractivity contribution in [2.24, 2.45) is 41.2 Å². The Hall–Kier alpha value is -0.890. The molecule has 108 valence electrons. The van der Waals surface area contributed by atoms with E-state index in [1.165, 1.54) is 37.8 Å². The average Bonchev–Trinajstić information content (AvgIpc) is 2.46. The Morgan fingerprint density at radius 2 is 1.75 bits per heavy atom. The molecule has 4 aliphatic rings. The molecule has 4 saturated carbocycles. The summed E-state index contributed by atoms with van der Waals surface area (Å²) in [6.45, 7) is 0.837. The van der Waals surface area contributed by atoms with Gasteiger partial charge in [-0.05, 0) is 92.7 Å². The SMILES string of the molecule is NCC(Cc1ccccn1)C1C2CC3CC(C2)CC1C3. The lowest BCUT2D eigenvalue weighted by molar-refractivity contribution is -0.0600. The largest absolute Gasteiger partial charge is 0.330 e. The van der Waals surface area contributed by atoms with Crippen LogP contribution in [0.3, 0.4) is 0 Å². The molecule has 2 nitrogen and oxygen atoms in total. The summed E-state index contributed by atoms with van der Waals surface area (Å²) in [7, 11) is 0. The molecule has 0 spiro atoms. The van der Waals surface area contributed by atoms with Crippen molar-refractivity contribution < 1.29 is 0 Å². The molecule has 5 rings (SSSR count). The molecule has 2 heteroatoms. The maximum Gasteiger partial charge on any atom is 0.0406 e. The highest BCUT2D eigenvalue weighted by atomic mass is 14.7. The highest BCUT2D eigenvalue weighted by Gasteiger charge is 2.50. The molecule has 0 aliphatic heterocycles. The van der Waals surface area contributed by atoms with Crippen LogP contribution in [0.15, 0.2) is 24.4 Å². The molecule has 1 unspecified atom stereocenters. The molecule has 4 fully saturated rings. The fraction of sp³-hybridized carbons (Fsp3) is 0.722. The summed E-state index contributed by atoms with van der Waals surface area (Å²) in [6.07, 6.45) is 10.5. The maximum absolute atomic E-state index is 6.17. The first kappa shape index (κ1) is 12.8. The minimum Gasteiger partial charge on any atom is -0.330 e. The summed E-state index contributed by atoms with van der Waals surface area (Å²) in [5, 5.41) is 0. The van der Waals surface area contributed by atoms with E-state index in [4.69, 9.17) is 5.73 Å². The molecular formula is C18H26N2. The zero-order valence-electron chi connectivity index (χ0n) is 12.2. The van der Waals surface area contributed by atoms with E-state index >= 15 is 0 Å². The lowest BCUT2D eigenvalue weighted by Gasteiger charge is -2.56. The van der Waals surface area contributed by atoms with Gasteiger partial charge < -0.3 is 5.73 Å². The molecule has 0 radical (unpaired) electrons. The van der Waals surface area contributed by atoms with Gasteiger partial charge in [0.25, 0.3) is 0 Å². The fourth-order valence-corrected chi connectivity index (χ4v) is 5.90. The fourth-order valence-electron chi connectivity index (χ4n) is 5.90. The number of rotatable bonds is 4. The summed E-state index contributed by atoms with van der Waals surface area (Å²) in [5.41, 5.74) is 7.41. The zero-order valence-corrected chi connectivity index (χ0v) is 12.2. The highest BCUT2D eigenvalue weighted by molar-refractivity contribution is 5.07. The Kier molecular flexibility index (Phi) is 3.30. The van der Waals surface area contributed by atoms with Gasteiger partial charge in [-0.3, -0.25) is 4.98 Å². The van der Waals surface area contributed by atoms with Crippen LogP contribution in [0.5, 0.6) is 0 Å². The Labute approximate surface area is 122 Å². The third kappa shape index (κ3) is 2.18. The van der Waals surface area contributed by atoms with Crippen molar-refractivity contribution in [1.29, 1.82) is 0 Å². The second kappa shape index (κ2) is 5.14. The lowest BCUT2D eigenvalue weighted by atomic mass is 9.49. The van der Waals surface area contributed by atoms with Crippen molar-refractivity contribution in [3.63, 3.8) is 0 Å². The summed E-state index contributed by atoms with van der Waals surface area (Å²) in [4.78, 5) is 4.52. The van der Waals surface area contributed by atoms with Gasteiger partial charge in [-0.2, -0.15) is 0 Å². The molecule has 1 aromatic rings. The molecule has 0 amide bonds. The smallest absolute Gasteiger partial charge is 0.0406 e. The second-order valence-electron chi connectivity index (χ2n) is 7.53. The molecule has 4 aliphatic carbocycles. The van der Waals surface area contributed by atoms with Crippen molar-refractivity contribution in [3.8, 4) is 0 Å². The minimum atomic E-state index is 0.653. The van der Waals surface area contributed by atoms with E-state index in [0.717, 1.165) is 42.6 Å². The van der Waals surface area contributed by atoms with E-state index < -0.39 is 0 Å². The van der Waals surface area contributed by atoms with Gasteiger partial charge in [-0.15, -0.1) is 0 Å². The van der Waals surface area contributed by atoms with Gasteiger partial charge >= 0.3 is 0 Å². The van der Waals surface area contributed by atoms with Crippen LogP contribution in [0.25, 0.3) is 0 Å². The van der Waals surface area contributed by atoms with E-state index in [1.807, 2.05) is 12.3 Å². The molecule has 20 heavy (non-hydrogen) atoms. The van der Waals surface area contributed by atoms with Gasteiger partial charge in [0.05, 0.1) is 0 Å². The molecule has 1 atom stereocenters. The van der Waals surface area contributed by atoms with E-state index in [2.05, 4.69) is 17.1 Å². The molecule has 0 saturated heterocycles. The van der Waals surface area contributed by atoms with Crippen molar-refractivity contribution >= 4 is 0 Å². The standard InChI is InChI=1S/C18H26N2/c19-11-16(10-17-3-1-2-4-20-17)18-14-6-12-5-13(8-14)9-15(18)7-12/h1-4,12-16,18H,5-11,19H2. The van der Waals surface area contributed by atoms with E-state index in [9.17, 15) is 0 Å². The number of pyridine rings is 1. The summed E-state index contributed by atoms with van der Waals surface area (Å²) < 4.78 is 0. The number of nitrogens with zero attached hydrogens (tertiary/aromatic N) is 1. The highest BCUT2D eigenvalue weighted by Crippen LogP contribution is 2.58. The molecule has 4 bridgehead atoms. The summed E-state index contributed by atoms with van der Waals surface area (Å²) in [5.74, 6) is 5.60. The normalized spacial score (nSPS) is 40.0. The molecule has 1 aromatic heterocycles. The number of nitrogens with two attached hydrogens (primary N) is 1. The Morgan fingerprint density at radius 1 is 1.05 bits per heavy atom. The maximum atomic E-state index is 6.17. The van der Waals surface area contributed by atoms with Gasteiger partial charge in [0.2, 0.25) is 0 Å². The minimum absolute atomic E-state index is 0.653. The second-order valence-corrected chi connectivity index (χ2v) is 7.53. The monoisotopic (exact) mass is 270 g/mol. The van der Waals surface area contributed by atoms with Gasteiger partial charge in [0.15, 0.2) is 0 Å². The van der Waals surface area contributed by atoms with Crippen LogP contribution in [0.1, 0.15) is 37.8 Å². The van der Waals surface area contributed by atoms with E-state index in [1.54, 1.807) is 0 Å². The number of hydrogen-bond acceptors (Lipinski definition) is 2.